The molecule has 0 aliphatic carbocycles. The molecule has 0 saturated heterocycles. The SMILES string of the molecule is Cc1cnc(C(C)NC(=O)CNc2ccccc2)o1. The molecule has 1 aromatic heterocycles. The lowest BCUT2D eigenvalue weighted by Crippen LogP contribution is -2.32. The number of aromatic nitrogens is 1. The first-order valence-electron chi connectivity index (χ1n) is 6.16. The number of nitrogens with one attached hydrogen (secondary N) is 2. The van der Waals surface area contributed by atoms with E-state index in [9.17, 15) is 4.79 Å². The number of benzene rings is 1. The maximum atomic E-state index is 11.8. The van der Waals surface area contributed by atoms with Gasteiger partial charge in [-0.1, -0.05) is 18.2 Å². The first-order chi connectivity index (χ1) is 9.15. The van der Waals surface area contributed by atoms with Crippen LogP contribution >= 0.6 is 0 Å². The summed E-state index contributed by atoms with van der Waals surface area (Å²) in [6.45, 7) is 3.88. The van der Waals surface area contributed by atoms with Crippen molar-refractivity contribution < 1.29 is 9.21 Å². The van der Waals surface area contributed by atoms with Gasteiger partial charge in [0.05, 0.1) is 12.7 Å². The molecule has 0 spiro atoms. The first-order valence-corrected chi connectivity index (χ1v) is 6.16. The van der Waals surface area contributed by atoms with Crippen LogP contribution in [-0.2, 0) is 4.79 Å². The average molecular weight is 259 g/mol. The summed E-state index contributed by atoms with van der Waals surface area (Å²) in [5.41, 5.74) is 0.914. The molecule has 1 aromatic carbocycles. The molecule has 0 fully saturated rings. The van der Waals surface area contributed by atoms with Gasteiger partial charge in [-0.2, -0.15) is 0 Å². The van der Waals surface area contributed by atoms with Crippen LogP contribution in [0, 0.1) is 6.92 Å². The zero-order chi connectivity index (χ0) is 13.7. The van der Waals surface area contributed by atoms with Gasteiger partial charge < -0.3 is 15.1 Å². The summed E-state index contributed by atoms with van der Waals surface area (Å²) in [6, 6.07) is 9.34. The maximum absolute atomic E-state index is 11.8. The van der Waals surface area contributed by atoms with Crippen LogP contribution in [0.3, 0.4) is 0 Å². The first kappa shape index (κ1) is 13.1. The molecule has 0 aliphatic heterocycles. The number of rotatable bonds is 5. The van der Waals surface area contributed by atoms with Gasteiger partial charge in [0, 0.05) is 5.69 Å². The molecule has 19 heavy (non-hydrogen) atoms. The van der Waals surface area contributed by atoms with Crippen molar-refractivity contribution in [2.75, 3.05) is 11.9 Å². The number of hydrogen-bond acceptors (Lipinski definition) is 4. The second-order valence-electron chi connectivity index (χ2n) is 4.32. The number of amides is 1. The number of carbonyl (C=O) groups excluding carboxylic acids is 1. The van der Waals surface area contributed by atoms with Gasteiger partial charge >= 0.3 is 0 Å². The minimum Gasteiger partial charge on any atom is -0.444 e. The van der Waals surface area contributed by atoms with Gasteiger partial charge in [-0.25, -0.2) is 4.98 Å². The maximum Gasteiger partial charge on any atom is 0.239 e. The minimum atomic E-state index is -0.237. The van der Waals surface area contributed by atoms with E-state index in [2.05, 4.69) is 15.6 Å². The highest BCUT2D eigenvalue weighted by molar-refractivity contribution is 5.80. The lowest BCUT2D eigenvalue weighted by atomic mass is 10.3. The van der Waals surface area contributed by atoms with E-state index in [1.807, 2.05) is 44.2 Å². The molecule has 5 nitrogen and oxygen atoms in total. The standard InChI is InChI=1S/C14H17N3O2/c1-10-8-16-14(19-10)11(2)17-13(18)9-15-12-6-4-3-5-7-12/h3-8,11,15H,9H2,1-2H3,(H,17,18). The molecule has 2 aromatic rings. The van der Waals surface area contributed by atoms with Gasteiger partial charge in [0.1, 0.15) is 11.8 Å². The van der Waals surface area contributed by atoms with Crippen molar-refractivity contribution in [2.45, 2.75) is 19.9 Å². The fourth-order valence-electron chi connectivity index (χ4n) is 1.66. The number of hydrogen-bond donors (Lipinski definition) is 2. The van der Waals surface area contributed by atoms with Gasteiger partial charge in [-0.3, -0.25) is 4.79 Å². The summed E-state index contributed by atoms with van der Waals surface area (Å²) in [5, 5.41) is 5.87. The predicted octanol–water partition coefficient (Wildman–Crippen LogP) is 2.27. The van der Waals surface area contributed by atoms with Gasteiger partial charge in [0.15, 0.2) is 0 Å². The van der Waals surface area contributed by atoms with Gasteiger partial charge in [-0.05, 0) is 26.0 Å². The van der Waals surface area contributed by atoms with Crippen LogP contribution < -0.4 is 10.6 Å². The summed E-state index contributed by atoms with van der Waals surface area (Å²) in [5.74, 6) is 1.15. The summed E-state index contributed by atoms with van der Waals surface area (Å²) in [4.78, 5) is 15.8. The highest BCUT2D eigenvalue weighted by Gasteiger charge is 2.13. The van der Waals surface area contributed by atoms with Crippen molar-refractivity contribution in [3.63, 3.8) is 0 Å². The number of oxazole rings is 1. The molecule has 0 bridgehead atoms. The monoisotopic (exact) mass is 259 g/mol. The second-order valence-corrected chi connectivity index (χ2v) is 4.32. The Kier molecular flexibility index (Phi) is 4.18. The van der Waals surface area contributed by atoms with Crippen molar-refractivity contribution >= 4 is 11.6 Å². The Morgan fingerprint density at radius 2 is 2.11 bits per heavy atom. The molecular weight excluding hydrogens is 242 g/mol. The normalized spacial score (nSPS) is 11.9. The summed E-state index contributed by atoms with van der Waals surface area (Å²) >= 11 is 0. The molecular formula is C14H17N3O2. The Morgan fingerprint density at radius 1 is 1.37 bits per heavy atom. The number of anilines is 1. The molecule has 100 valence electrons. The largest absolute Gasteiger partial charge is 0.444 e. The van der Waals surface area contributed by atoms with E-state index in [4.69, 9.17) is 4.42 Å². The van der Waals surface area contributed by atoms with Crippen LogP contribution in [0.15, 0.2) is 40.9 Å². The van der Waals surface area contributed by atoms with Gasteiger partial charge in [0.2, 0.25) is 11.8 Å². The topological polar surface area (TPSA) is 67.2 Å². The summed E-state index contributed by atoms with van der Waals surface area (Å²) < 4.78 is 5.36. The Labute approximate surface area is 112 Å². The van der Waals surface area contributed by atoms with Crippen LogP contribution in [0.5, 0.6) is 0 Å². The minimum absolute atomic E-state index is 0.104. The van der Waals surface area contributed by atoms with Gasteiger partial charge in [-0.15, -0.1) is 0 Å². The number of aryl methyl sites for hydroxylation is 1. The van der Waals surface area contributed by atoms with Crippen molar-refractivity contribution in [3.8, 4) is 0 Å². The average Bonchev–Trinajstić information content (AvgIpc) is 2.84. The zero-order valence-corrected chi connectivity index (χ0v) is 11.0. The smallest absolute Gasteiger partial charge is 0.239 e. The van der Waals surface area contributed by atoms with E-state index >= 15 is 0 Å². The lowest BCUT2D eigenvalue weighted by Gasteiger charge is -2.11. The van der Waals surface area contributed by atoms with E-state index in [-0.39, 0.29) is 18.5 Å². The molecule has 1 amide bonds. The molecule has 2 N–H and O–H groups in total. The third-order valence-electron chi connectivity index (χ3n) is 2.61. The Bertz CT molecular complexity index is 537. The number of para-hydroxylation sites is 1. The van der Waals surface area contributed by atoms with Crippen molar-refractivity contribution in [1.82, 2.24) is 10.3 Å². The summed E-state index contributed by atoms with van der Waals surface area (Å²) in [7, 11) is 0. The van der Waals surface area contributed by atoms with E-state index in [0.717, 1.165) is 11.4 Å². The third-order valence-corrected chi connectivity index (χ3v) is 2.61. The molecule has 2 rings (SSSR count). The number of carbonyl (C=O) groups is 1. The molecule has 1 heterocycles. The fraction of sp³-hybridized carbons (Fsp3) is 0.286. The molecule has 0 saturated carbocycles. The molecule has 1 atom stereocenters. The van der Waals surface area contributed by atoms with Crippen molar-refractivity contribution in [3.05, 3.63) is 48.2 Å². The lowest BCUT2D eigenvalue weighted by molar-refractivity contribution is -0.120. The van der Waals surface area contributed by atoms with E-state index in [0.29, 0.717) is 5.89 Å². The number of nitrogens with zero attached hydrogens (tertiary/aromatic N) is 1. The molecule has 0 aliphatic rings. The van der Waals surface area contributed by atoms with Crippen molar-refractivity contribution in [2.24, 2.45) is 0 Å². The Balaban J connectivity index is 1.81. The van der Waals surface area contributed by atoms with E-state index < -0.39 is 0 Å². The predicted molar refractivity (Wildman–Crippen MR) is 72.7 cm³/mol. The molecule has 0 radical (unpaired) electrons. The Morgan fingerprint density at radius 3 is 2.74 bits per heavy atom. The highest BCUT2D eigenvalue weighted by Crippen LogP contribution is 2.11. The van der Waals surface area contributed by atoms with Crippen LogP contribution in [0.2, 0.25) is 0 Å². The van der Waals surface area contributed by atoms with Crippen LogP contribution in [0.4, 0.5) is 5.69 Å². The quantitative estimate of drug-likeness (QED) is 0.864. The van der Waals surface area contributed by atoms with Crippen molar-refractivity contribution in [1.29, 1.82) is 0 Å². The van der Waals surface area contributed by atoms with E-state index in [1.54, 1.807) is 6.20 Å². The molecule has 5 heteroatoms. The van der Waals surface area contributed by atoms with Crippen LogP contribution in [0.1, 0.15) is 24.6 Å². The highest BCUT2D eigenvalue weighted by atomic mass is 16.4. The van der Waals surface area contributed by atoms with Gasteiger partial charge in [0.25, 0.3) is 0 Å². The van der Waals surface area contributed by atoms with Crippen LogP contribution in [0.25, 0.3) is 0 Å². The zero-order valence-electron chi connectivity index (χ0n) is 11.0. The summed E-state index contributed by atoms with van der Waals surface area (Å²) in [6.07, 6.45) is 1.64. The second kappa shape index (κ2) is 6.04. The Hall–Kier alpha value is -2.30. The fourth-order valence-corrected chi connectivity index (χ4v) is 1.66. The molecule has 1 unspecified atom stereocenters. The third kappa shape index (κ3) is 3.84. The van der Waals surface area contributed by atoms with E-state index in [1.165, 1.54) is 0 Å². The van der Waals surface area contributed by atoms with Crippen LogP contribution in [-0.4, -0.2) is 17.4 Å².